The summed E-state index contributed by atoms with van der Waals surface area (Å²) in [6, 6.07) is 3.36. The maximum absolute atomic E-state index is 12.8. The van der Waals surface area contributed by atoms with Gasteiger partial charge in [0.2, 0.25) is 10.0 Å². The highest BCUT2D eigenvalue weighted by atomic mass is 35.5. The normalized spacial score (nSPS) is 22.4. The van der Waals surface area contributed by atoms with Crippen molar-refractivity contribution in [3.05, 3.63) is 23.3 Å². The van der Waals surface area contributed by atoms with Crippen molar-refractivity contribution in [1.82, 2.24) is 4.31 Å². The van der Waals surface area contributed by atoms with Crippen molar-refractivity contribution in [2.24, 2.45) is 11.1 Å². The largest absolute Gasteiger partial charge is 0.496 e. The second-order valence-electron chi connectivity index (χ2n) is 6.19. The molecule has 1 atom stereocenters. The van der Waals surface area contributed by atoms with Crippen molar-refractivity contribution in [3.8, 4) is 5.75 Å². The van der Waals surface area contributed by atoms with Crippen LogP contribution in [0.2, 0.25) is 0 Å². The molecule has 0 radical (unpaired) electrons. The van der Waals surface area contributed by atoms with Crippen LogP contribution in [-0.2, 0) is 10.0 Å². The Balaban J connectivity index is 0.00000242. The number of nitrogens with two attached hydrogens (primary N) is 1. The lowest BCUT2D eigenvalue weighted by Crippen LogP contribution is -2.34. The standard InChI is InChI=1S/C15H24N2O3S.ClH/c1-11-7-13(8-12(2)14(11)20-4)21(18,19)17-6-5-15(3,9-16)10-17;/h7-8H,5-6,9-10,16H2,1-4H3;1H. The quantitative estimate of drug-likeness (QED) is 0.904. The van der Waals surface area contributed by atoms with Gasteiger partial charge in [-0.15, -0.1) is 12.4 Å². The average molecular weight is 349 g/mol. The molecule has 2 N–H and O–H groups in total. The van der Waals surface area contributed by atoms with E-state index in [-0.39, 0.29) is 17.8 Å². The van der Waals surface area contributed by atoms with Crippen LogP contribution in [0.25, 0.3) is 0 Å². The van der Waals surface area contributed by atoms with Gasteiger partial charge in [-0.05, 0) is 55.5 Å². The number of halogens is 1. The van der Waals surface area contributed by atoms with E-state index in [1.807, 2.05) is 20.8 Å². The Kier molecular flexibility index (Phi) is 5.89. The van der Waals surface area contributed by atoms with Crippen molar-refractivity contribution in [2.75, 3.05) is 26.7 Å². The second-order valence-corrected chi connectivity index (χ2v) is 8.13. The van der Waals surface area contributed by atoms with Crippen molar-refractivity contribution >= 4 is 22.4 Å². The number of nitrogens with zero attached hydrogens (tertiary/aromatic N) is 1. The molecule has 7 heteroatoms. The lowest BCUT2D eigenvalue weighted by atomic mass is 9.90. The van der Waals surface area contributed by atoms with E-state index in [1.165, 1.54) is 0 Å². The van der Waals surface area contributed by atoms with E-state index < -0.39 is 10.0 Å². The molecule has 1 aromatic rings. The molecule has 1 saturated heterocycles. The van der Waals surface area contributed by atoms with Crippen molar-refractivity contribution in [1.29, 1.82) is 0 Å². The summed E-state index contributed by atoms with van der Waals surface area (Å²) >= 11 is 0. The minimum absolute atomic E-state index is 0. The smallest absolute Gasteiger partial charge is 0.243 e. The van der Waals surface area contributed by atoms with Crippen LogP contribution in [0.3, 0.4) is 0 Å². The summed E-state index contributed by atoms with van der Waals surface area (Å²) < 4.78 is 32.4. The molecule has 5 nitrogen and oxygen atoms in total. The summed E-state index contributed by atoms with van der Waals surface area (Å²) in [7, 11) is -1.87. The number of sulfonamides is 1. The maximum Gasteiger partial charge on any atom is 0.243 e. The van der Waals surface area contributed by atoms with Gasteiger partial charge in [-0.1, -0.05) is 6.92 Å². The predicted octanol–water partition coefficient (Wildman–Crippen LogP) is 2.09. The first-order valence-corrected chi connectivity index (χ1v) is 8.53. The molecule has 1 aromatic carbocycles. The minimum atomic E-state index is -3.47. The summed E-state index contributed by atoms with van der Waals surface area (Å²) in [5, 5.41) is 0. The zero-order valence-electron chi connectivity index (χ0n) is 13.5. The Morgan fingerprint density at radius 2 is 1.86 bits per heavy atom. The summed E-state index contributed by atoms with van der Waals surface area (Å²) in [4.78, 5) is 0.333. The molecular formula is C15H25ClN2O3S. The fourth-order valence-corrected chi connectivity index (χ4v) is 4.64. The first-order valence-electron chi connectivity index (χ1n) is 7.09. The lowest BCUT2D eigenvalue weighted by molar-refractivity contribution is 0.349. The molecule has 2 rings (SSSR count). The number of benzene rings is 1. The van der Waals surface area contributed by atoms with Crippen LogP contribution in [0.15, 0.2) is 17.0 Å². The Hall–Kier alpha value is -0.820. The average Bonchev–Trinajstić information content (AvgIpc) is 2.82. The van der Waals surface area contributed by atoms with E-state index in [4.69, 9.17) is 10.5 Å². The highest BCUT2D eigenvalue weighted by Gasteiger charge is 2.39. The van der Waals surface area contributed by atoms with Gasteiger partial charge in [0.1, 0.15) is 5.75 Å². The van der Waals surface area contributed by atoms with Crippen LogP contribution in [0.5, 0.6) is 5.75 Å². The van der Waals surface area contributed by atoms with E-state index in [2.05, 4.69) is 0 Å². The maximum atomic E-state index is 12.8. The Labute approximate surface area is 139 Å². The minimum Gasteiger partial charge on any atom is -0.496 e. The van der Waals surface area contributed by atoms with Crippen molar-refractivity contribution < 1.29 is 13.2 Å². The fraction of sp³-hybridized carbons (Fsp3) is 0.600. The monoisotopic (exact) mass is 348 g/mol. The number of hydrogen-bond donors (Lipinski definition) is 1. The number of methoxy groups -OCH3 is 1. The van der Waals surface area contributed by atoms with Crippen LogP contribution < -0.4 is 10.5 Å². The van der Waals surface area contributed by atoms with Gasteiger partial charge in [-0.2, -0.15) is 4.31 Å². The van der Waals surface area contributed by atoms with Gasteiger partial charge in [-0.25, -0.2) is 8.42 Å². The summed E-state index contributed by atoms with van der Waals surface area (Å²) in [6.07, 6.45) is 0.802. The molecule has 1 aliphatic heterocycles. The lowest BCUT2D eigenvalue weighted by Gasteiger charge is -2.23. The van der Waals surface area contributed by atoms with Crippen molar-refractivity contribution in [2.45, 2.75) is 32.1 Å². The highest BCUT2D eigenvalue weighted by Crippen LogP contribution is 2.34. The number of aryl methyl sites for hydroxylation is 2. The Morgan fingerprint density at radius 1 is 1.32 bits per heavy atom. The second kappa shape index (κ2) is 6.74. The molecule has 0 aromatic heterocycles. The molecule has 0 amide bonds. The topological polar surface area (TPSA) is 72.6 Å². The van der Waals surface area contributed by atoms with E-state index in [1.54, 1.807) is 23.5 Å². The first kappa shape index (κ1) is 19.2. The van der Waals surface area contributed by atoms with Crippen molar-refractivity contribution in [3.63, 3.8) is 0 Å². The molecule has 1 aliphatic rings. The third kappa shape index (κ3) is 3.40. The van der Waals surface area contributed by atoms with Gasteiger partial charge in [0, 0.05) is 13.1 Å². The highest BCUT2D eigenvalue weighted by molar-refractivity contribution is 7.89. The zero-order chi connectivity index (χ0) is 15.8. The Bertz CT molecular complexity index is 625. The van der Waals surface area contributed by atoms with Crippen LogP contribution in [-0.4, -0.2) is 39.5 Å². The summed E-state index contributed by atoms with van der Waals surface area (Å²) in [5.74, 6) is 0.738. The predicted molar refractivity (Wildman–Crippen MR) is 90.3 cm³/mol. The molecule has 126 valence electrons. The third-order valence-electron chi connectivity index (χ3n) is 4.29. The first-order chi connectivity index (χ1) is 9.73. The van der Waals surface area contributed by atoms with Gasteiger partial charge >= 0.3 is 0 Å². The molecular weight excluding hydrogens is 324 g/mol. The molecule has 0 bridgehead atoms. The van der Waals surface area contributed by atoms with E-state index in [9.17, 15) is 8.42 Å². The fourth-order valence-electron chi connectivity index (χ4n) is 2.88. The van der Waals surface area contributed by atoms with Crippen LogP contribution in [0.1, 0.15) is 24.5 Å². The molecule has 0 saturated carbocycles. The van der Waals surface area contributed by atoms with E-state index >= 15 is 0 Å². The van der Waals surface area contributed by atoms with Crippen LogP contribution in [0, 0.1) is 19.3 Å². The molecule has 0 aliphatic carbocycles. The van der Waals surface area contributed by atoms with Gasteiger partial charge in [-0.3, -0.25) is 0 Å². The zero-order valence-corrected chi connectivity index (χ0v) is 15.2. The summed E-state index contributed by atoms with van der Waals surface area (Å²) in [6.45, 7) is 7.26. The SMILES string of the molecule is COc1c(C)cc(S(=O)(=O)N2CCC(C)(CN)C2)cc1C.Cl. The van der Waals surface area contributed by atoms with Crippen LogP contribution >= 0.6 is 12.4 Å². The van der Waals surface area contributed by atoms with Crippen LogP contribution in [0.4, 0.5) is 0 Å². The Morgan fingerprint density at radius 3 is 2.27 bits per heavy atom. The van der Waals surface area contributed by atoms with Gasteiger partial charge in [0.05, 0.1) is 12.0 Å². The van der Waals surface area contributed by atoms with Gasteiger partial charge in [0.25, 0.3) is 0 Å². The molecule has 1 heterocycles. The summed E-state index contributed by atoms with van der Waals surface area (Å²) in [5.41, 5.74) is 7.30. The number of rotatable bonds is 4. The molecule has 1 fully saturated rings. The number of hydrogen-bond acceptors (Lipinski definition) is 4. The molecule has 0 spiro atoms. The van der Waals surface area contributed by atoms with E-state index in [0.29, 0.717) is 24.5 Å². The molecule has 22 heavy (non-hydrogen) atoms. The van der Waals surface area contributed by atoms with E-state index in [0.717, 1.165) is 23.3 Å². The number of ether oxygens (including phenoxy) is 1. The third-order valence-corrected chi connectivity index (χ3v) is 6.11. The molecule has 1 unspecified atom stereocenters. The van der Waals surface area contributed by atoms with Gasteiger partial charge < -0.3 is 10.5 Å². The van der Waals surface area contributed by atoms with Gasteiger partial charge in [0.15, 0.2) is 0 Å².